The molecule has 30 nitrogen and oxygen atoms in total. The van der Waals surface area contributed by atoms with Gasteiger partial charge in [0.25, 0.3) is 0 Å². The minimum atomic E-state index is -2.23. The van der Waals surface area contributed by atoms with Crippen LogP contribution in [0, 0.1) is 0 Å². The SMILES string of the molecule is CC1OC(Oc2cc(O)c3c(=O)c(OC4OC(C)C(OC5OCC(O)C(O)C5O)C(OC5OC(COC(=O)C=Cc6ccc(O)cc6)C(O)C(O)C5O)C4OC4OC(CO)C(O)C(O)C4O)c(-c4ccc(O)cc4)oc3c2)C(O)C(O)C1O. The molecule has 30 heteroatoms. The van der Waals surface area contributed by atoms with E-state index in [1.54, 1.807) is 0 Å². The van der Waals surface area contributed by atoms with Crippen molar-refractivity contribution in [3.63, 3.8) is 0 Å². The second-order valence-electron chi connectivity index (χ2n) is 20.4. The van der Waals surface area contributed by atoms with Crippen LogP contribution < -0.4 is 14.9 Å². The van der Waals surface area contributed by atoms with E-state index < -0.39 is 207 Å². The maximum absolute atomic E-state index is 15.0. The number of ether oxygens (including phenoxy) is 11. The number of fused-ring (bicyclic) bond motifs is 1. The van der Waals surface area contributed by atoms with Crippen LogP contribution in [0.4, 0.5) is 0 Å². The van der Waals surface area contributed by atoms with E-state index in [0.29, 0.717) is 5.56 Å². The van der Waals surface area contributed by atoms with Crippen LogP contribution in [-0.4, -0.2) is 255 Å². The summed E-state index contributed by atoms with van der Waals surface area (Å²) < 4.78 is 71.8. The van der Waals surface area contributed by atoms with Crippen LogP contribution in [0.2, 0.25) is 0 Å². The number of rotatable bonds is 16. The topological polar surface area (TPSA) is 472 Å². The zero-order valence-corrected chi connectivity index (χ0v) is 43.8. The molecule has 4 aromatic rings. The quantitative estimate of drug-likeness (QED) is 0.0371. The summed E-state index contributed by atoms with van der Waals surface area (Å²) in [5, 5.41) is 172. The van der Waals surface area contributed by atoms with Crippen molar-refractivity contribution < 1.29 is 143 Å². The molecule has 5 fully saturated rings. The lowest BCUT2D eigenvalue weighted by atomic mass is 9.95. The first-order chi connectivity index (χ1) is 39.4. The van der Waals surface area contributed by atoms with Crippen LogP contribution in [-0.2, 0) is 47.4 Å². The van der Waals surface area contributed by atoms with Gasteiger partial charge in [-0.05, 0) is 61.9 Å². The first-order valence-corrected chi connectivity index (χ1v) is 26.0. The summed E-state index contributed by atoms with van der Waals surface area (Å²) in [6.45, 7) is 0.284. The Morgan fingerprint density at radius 3 is 1.78 bits per heavy atom. The smallest absolute Gasteiger partial charge is 0.330 e. The van der Waals surface area contributed by atoms with Gasteiger partial charge < -0.3 is 138 Å². The van der Waals surface area contributed by atoms with Gasteiger partial charge in [0.1, 0.15) is 138 Å². The molecular weight excluding hydrogens is 1120 g/mol. The molecule has 0 radical (unpaired) electrons. The summed E-state index contributed by atoms with van der Waals surface area (Å²) in [7, 11) is 0. The monoisotopic (exact) mass is 1180 g/mol. The highest BCUT2D eigenvalue weighted by Gasteiger charge is 2.57. The molecule has 0 aliphatic carbocycles. The molecule has 83 heavy (non-hydrogen) atoms. The first kappa shape index (κ1) is 61.8. The fourth-order valence-electron chi connectivity index (χ4n) is 9.82. The molecule has 0 saturated carbocycles. The molecule has 3 aromatic carbocycles. The normalized spacial score (nSPS) is 38.7. The summed E-state index contributed by atoms with van der Waals surface area (Å²) in [5.41, 5.74) is -1.13. The lowest BCUT2D eigenvalue weighted by molar-refractivity contribution is -0.396. The molecular formula is C53H64O30. The van der Waals surface area contributed by atoms with E-state index in [4.69, 9.17) is 56.5 Å². The van der Waals surface area contributed by atoms with E-state index in [2.05, 4.69) is 0 Å². The van der Waals surface area contributed by atoms with Gasteiger partial charge >= 0.3 is 5.97 Å². The van der Waals surface area contributed by atoms with Crippen molar-refractivity contribution in [3.05, 3.63) is 82.5 Å². The minimum Gasteiger partial charge on any atom is -0.508 e. The highest BCUT2D eigenvalue weighted by molar-refractivity contribution is 5.88. The van der Waals surface area contributed by atoms with Gasteiger partial charge in [0.05, 0.1) is 25.4 Å². The third-order valence-electron chi connectivity index (χ3n) is 14.6. The molecule has 5 aliphatic heterocycles. The number of aliphatic hydroxyl groups excluding tert-OH is 13. The maximum Gasteiger partial charge on any atom is 0.330 e. The fraction of sp³-hybridized carbons (Fsp3) is 0.547. The van der Waals surface area contributed by atoms with Crippen LogP contribution in [0.5, 0.6) is 28.7 Å². The molecule has 456 valence electrons. The Hall–Kier alpha value is -5.76. The van der Waals surface area contributed by atoms with E-state index >= 15 is 4.79 Å². The van der Waals surface area contributed by atoms with Crippen molar-refractivity contribution in [2.24, 2.45) is 0 Å². The molecule has 0 spiro atoms. The number of carbonyl (C=O) groups excluding carboxylic acids is 1. The number of aromatic hydroxyl groups is 3. The summed E-state index contributed by atoms with van der Waals surface area (Å²) in [6, 6.07) is 12.7. The van der Waals surface area contributed by atoms with E-state index in [-0.39, 0.29) is 22.8 Å². The van der Waals surface area contributed by atoms with Crippen LogP contribution in [0.15, 0.2) is 76.0 Å². The van der Waals surface area contributed by atoms with E-state index in [1.807, 2.05) is 0 Å². The average Bonchev–Trinajstić information content (AvgIpc) is 3.55. The summed E-state index contributed by atoms with van der Waals surface area (Å²) in [4.78, 5) is 27.9. The summed E-state index contributed by atoms with van der Waals surface area (Å²) in [6.07, 6.45) is -42.8. The lowest BCUT2D eigenvalue weighted by Gasteiger charge is -2.50. The van der Waals surface area contributed by atoms with Crippen molar-refractivity contribution in [2.75, 3.05) is 19.8 Å². The molecule has 1 aromatic heterocycles. The van der Waals surface area contributed by atoms with Crippen LogP contribution in [0.1, 0.15) is 19.4 Å². The number of benzene rings is 3. The molecule has 0 amide bonds. The second-order valence-corrected chi connectivity index (χ2v) is 20.4. The van der Waals surface area contributed by atoms with Crippen molar-refractivity contribution in [3.8, 4) is 40.1 Å². The number of esters is 1. The zero-order valence-electron chi connectivity index (χ0n) is 43.8. The number of carbonyl (C=O) groups is 1. The van der Waals surface area contributed by atoms with E-state index in [0.717, 1.165) is 18.2 Å². The van der Waals surface area contributed by atoms with Gasteiger partial charge in [-0.15, -0.1) is 0 Å². The van der Waals surface area contributed by atoms with Crippen LogP contribution >= 0.6 is 0 Å². The molecule has 0 bridgehead atoms. The highest BCUT2D eigenvalue weighted by Crippen LogP contribution is 2.41. The second kappa shape index (κ2) is 25.8. The first-order valence-electron chi connectivity index (χ1n) is 26.0. The third kappa shape index (κ3) is 13.1. The number of aliphatic hydroxyl groups is 13. The predicted octanol–water partition coefficient (Wildman–Crippen LogP) is -4.63. The third-order valence-corrected chi connectivity index (χ3v) is 14.6. The molecule has 5 saturated heterocycles. The van der Waals surface area contributed by atoms with Crippen molar-refractivity contribution in [1.82, 2.24) is 0 Å². The molecule has 6 heterocycles. The van der Waals surface area contributed by atoms with Gasteiger partial charge in [0, 0.05) is 23.8 Å². The van der Waals surface area contributed by atoms with E-state index in [9.17, 15) is 86.5 Å². The highest BCUT2D eigenvalue weighted by atomic mass is 16.8. The lowest BCUT2D eigenvalue weighted by Crippen LogP contribution is -2.68. The Kier molecular flexibility index (Phi) is 19.2. The molecule has 24 unspecified atom stereocenters. The van der Waals surface area contributed by atoms with Gasteiger partial charge in [-0.3, -0.25) is 4.79 Å². The Morgan fingerprint density at radius 1 is 0.578 bits per heavy atom. The molecule has 9 rings (SSSR count). The number of hydrogen-bond acceptors (Lipinski definition) is 30. The standard InChI is InChI=1S/C53H64O30/c1-18-32(60)37(65)41(69)50(74-18)76-24-13-25(57)31-27(14-24)77-45(21-6-10-23(56)11-7-21)46(36(31)64)81-53-48(83-51-42(70)38(66)34(62)28(15-54)78-51)47(44(19(2)75-53)80-49-40(68)33(61)26(58)16-73-49)82-52-43(71)39(67)35(63)29(79-52)17-72-30(59)12-5-20-3-8-22(55)9-4-20/h3-14,18-19,26,28-29,32-35,37-44,47-58,60-63,65-71H,15-17H2,1-2H3. The summed E-state index contributed by atoms with van der Waals surface area (Å²) >= 11 is 0. The minimum absolute atomic E-state index is 0.0121. The zero-order chi connectivity index (χ0) is 59.9. The van der Waals surface area contributed by atoms with Crippen LogP contribution in [0.3, 0.4) is 0 Å². The largest absolute Gasteiger partial charge is 0.508 e. The molecule has 24 atom stereocenters. The van der Waals surface area contributed by atoms with Gasteiger partial charge in [0.15, 0.2) is 30.7 Å². The predicted molar refractivity (Wildman–Crippen MR) is 270 cm³/mol. The average molecular weight is 1180 g/mol. The fourth-order valence-corrected chi connectivity index (χ4v) is 9.82. The van der Waals surface area contributed by atoms with Crippen molar-refractivity contribution in [1.29, 1.82) is 0 Å². The van der Waals surface area contributed by atoms with Crippen LogP contribution in [0.25, 0.3) is 28.4 Å². The number of hydrogen-bond donors (Lipinski definition) is 16. The van der Waals surface area contributed by atoms with Gasteiger partial charge in [-0.1, -0.05) is 12.1 Å². The number of phenols is 3. The Labute approximate surface area is 468 Å². The molecule has 5 aliphatic rings. The molecule has 16 N–H and O–H groups in total. The summed E-state index contributed by atoms with van der Waals surface area (Å²) in [5.74, 6) is -3.72. The van der Waals surface area contributed by atoms with E-state index in [1.165, 1.54) is 68.5 Å². The van der Waals surface area contributed by atoms with Gasteiger partial charge in [-0.25, -0.2) is 4.79 Å². The Balaban J connectivity index is 1.12. The maximum atomic E-state index is 15.0. The Bertz CT molecular complexity index is 2920. The number of phenolic OH excluding ortho intramolecular Hbond substituents is 3. The van der Waals surface area contributed by atoms with Gasteiger partial charge in [-0.2, -0.15) is 0 Å². The van der Waals surface area contributed by atoms with Crippen molar-refractivity contribution in [2.45, 2.75) is 161 Å². The van der Waals surface area contributed by atoms with Gasteiger partial charge in [0.2, 0.25) is 23.8 Å². The van der Waals surface area contributed by atoms with Crippen molar-refractivity contribution >= 4 is 23.0 Å². The Morgan fingerprint density at radius 2 is 1.13 bits per heavy atom.